The number of cyclic esters (lactones) is 1. The van der Waals surface area contributed by atoms with Crippen LogP contribution in [0.2, 0.25) is 0 Å². The molecule has 1 aliphatic heterocycles. The van der Waals surface area contributed by atoms with Crippen molar-refractivity contribution in [1.29, 1.82) is 0 Å². The summed E-state index contributed by atoms with van der Waals surface area (Å²) in [7, 11) is 0. The van der Waals surface area contributed by atoms with Gasteiger partial charge >= 0.3 is 5.97 Å². The Morgan fingerprint density at radius 3 is 1.78 bits per heavy atom. The largest absolute Gasteiger partial charge is 0.466 e. The van der Waals surface area contributed by atoms with Crippen LogP contribution in [0.4, 0.5) is 0 Å². The highest BCUT2D eigenvalue weighted by Crippen LogP contribution is 2.09. The maximum atomic E-state index is 11.4. The third kappa shape index (κ3) is 9.46. The Bertz CT molecular complexity index is 184. The van der Waals surface area contributed by atoms with Crippen LogP contribution in [-0.4, -0.2) is 25.8 Å². The van der Waals surface area contributed by atoms with Gasteiger partial charge in [-0.1, -0.05) is 38.5 Å². The molecular formula is C15H28O3. The monoisotopic (exact) mass is 256 g/mol. The Morgan fingerprint density at radius 1 is 0.611 bits per heavy atom. The van der Waals surface area contributed by atoms with Crippen LogP contribution in [-0.2, 0) is 14.3 Å². The van der Waals surface area contributed by atoms with E-state index in [1.54, 1.807) is 0 Å². The van der Waals surface area contributed by atoms with Gasteiger partial charge in [0.25, 0.3) is 0 Å². The summed E-state index contributed by atoms with van der Waals surface area (Å²) in [4.78, 5) is 11.4. The molecule has 1 fully saturated rings. The first-order valence-electron chi connectivity index (χ1n) is 7.63. The van der Waals surface area contributed by atoms with Gasteiger partial charge in [0.2, 0.25) is 0 Å². The van der Waals surface area contributed by atoms with Crippen molar-refractivity contribution in [1.82, 2.24) is 0 Å². The van der Waals surface area contributed by atoms with Gasteiger partial charge in [0.05, 0.1) is 6.61 Å². The molecule has 0 saturated carbocycles. The molecule has 0 spiro atoms. The van der Waals surface area contributed by atoms with E-state index in [0.29, 0.717) is 13.0 Å². The van der Waals surface area contributed by atoms with Crippen LogP contribution in [0.15, 0.2) is 0 Å². The van der Waals surface area contributed by atoms with Crippen LogP contribution < -0.4 is 0 Å². The normalized spacial score (nSPS) is 23.0. The molecular weight excluding hydrogens is 228 g/mol. The van der Waals surface area contributed by atoms with Crippen molar-refractivity contribution < 1.29 is 14.3 Å². The summed E-state index contributed by atoms with van der Waals surface area (Å²) < 4.78 is 10.7. The number of ether oxygens (including phenoxy) is 2. The fourth-order valence-corrected chi connectivity index (χ4v) is 2.20. The van der Waals surface area contributed by atoms with Gasteiger partial charge < -0.3 is 9.47 Å². The second-order valence-electron chi connectivity index (χ2n) is 5.12. The van der Waals surface area contributed by atoms with Gasteiger partial charge in [-0.05, 0) is 25.7 Å². The molecule has 18 heavy (non-hydrogen) atoms. The van der Waals surface area contributed by atoms with Gasteiger partial charge in [-0.25, -0.2) is 0 Å². The van der Waals surface area contributed by atoms with E-state index in [-0.39, 0.29) is 5.97 Å². The third-order valence-electron chi connectivity index (χ3n) is 3.37. The maximum Gasteiger partial charge on any atom is 0.305 e. The number of carbonyl (C=O) groups is 1. The van der Waals surface area contributed by atoms with Crippen molar-refractivity contribution >= 4 is 5.97 Å². The molecule has 0 aromatic carbocycles. The van der Waals surface area contributed by atoms with Crippen molar-refractivity contribution in [2.75, 3.05) is 19.8 Å². The number of esters is 1. The Labute approximate surface area is 111 Å². The van der Waals surface area contributed by atoms with Crippen LogP contribution >= 0.6 is 0 Å². The fourth-order valence-electron chi connectivity index (χ4n) is 2.20. The van der Waals surface area contributed by atoms with Crippen molar-refractivity contribution in [2.45, 2.75) is 70.6 Å². The first kappa shape index (κ1) is 15.5. The molecule has 1 saturated heterocycles. The SMILES string of the molecule is O=C1CCCCOCCCCCCCCCCO1. The van der Waals surface area contributed by atoms with Gasteiger partial charge in [-0.2, -0.15) is 0 Å². The third-order valence-corrected chi connectivity index (χ3v) is 3.37. The first-order valence-corrected chi connectivity index (χ1v) is 7.63. The van der Waals surface area contributed by atoms with Crippen LogP contribution in [0.5, 0.6) is 0 Å². The lowest BCUT2D eigenvalue weighted by Crippen LogP contribution is -2.06. The van der Waals surface area contributed by atoms with Crippen LogP contribution in [0.25, 0.3) is 0 Å². The molecule has 0 unspecified atom stereocenters. The van der Waals surface area contributed by atoms with E-state index in [1.807, 2.05) is 0 Å². The molecule has 0 aliphatic carbocycles. The maximum absolute atomic E-state index is 11.4. The minimum Gasteiger partial charge on any atom is -0.466 e. The Kier molecular flexibility index (Phi) is 9.91. The average molecular weight is 256 g/mol. The molecule has 106 valence electrons. The molecule has 0 aromatic heterocycles. The van der Waals surface area contributed by atoms with Crippen molar-refractivity contribution in [3.8, 4) is 0 Å². The Morgan fingerprint density at radius 2 is 1.11 bits per heavy atom. The quantitative estimate of drug-likeness (QED) is 0.617. The summed E-state index contributed by atoms with van der Waals surface area (Å²) in [6.45, 7) is 2.27. The molecule has 1 rings (SSSR count). The lowest BCUT2D eigenvalue weighted by molar-refractivity contribution is -0.143. The summed E-state index contributed by atoms with van der Waals surface area (Å²) in [5.74, 6) is -0.0423. The Hall–Kier alpha value is -0.570. The van der Waals surface area contributed by atoms with Gasteiger partial charge in [0.1, 0.15) is 0 Å². The molecule has 3 heteroatoms. The van der Waals surface area contributed by atoms with E-state index in [4.69, 9.17) is 9.47 Å². The molecule has 3 nitrogen and oxygen atoms in total. The number of rotatable bonds is 0. The summed E-state index contributed by atoms with van der Waals surface area (Å²) in [5.41, 5.74) is 0. The number of carbonyl (C=O) groups excluding carboxylic acids is 1. The van der Waals surface area contributed by atoms with Crippen molar-refractivity contribution in [2.24, 2.45) is 0 Å². The average Bonchev–Trinajstić information content (AvgIpc) is 2.37. The van der Waals surface area contributed by atoms with Gasteiger partial charge in [0, 0.05) is 19.6 Å². The zero-order chi connectivity index (χ0) is 12.9. The molecule has 0 bridgehead atoms. The minimum absolute atomic E-state index is 0.0423. The predicted octanol–water partition coefficient (Wildman–Crippen LogP) is 3.85. The summed E-state index contributed by atoms with van der Waals surface area (Å²) in [5, 5.41) is 0. The second kappa shape index (κ2) is 11.5. The van der Waals surface area contributed by atoms with E-state index in [9.17, 15) is 4.79 Å². The van der Waals surface area contributed by atoms with Crippen LogP contribution in [0, 0.1) is 0 Å². The van der Waals surface area contributed by atoms with Crippen LogP contribution in [0.3, 0.4) is 0 Å². The highest BCUT2D eigenvalue weighted by molar-refractivity contribution is 5.69. The molecule has 0 amide bonds. The standard InChI is InChI=1S/C15H28O3/c16-15-11-7-10-13-17-12-8-5-3-1-2-4-6-9-14-18-15/h1-14H2. The minimum atomic E-state index is -0.0423. The van der Waals surface area contributed by atoms with Gasteiger partial charge in [0.15, 0.2) is 0 Å². The molecule has 1 heterocycles. The molecule has 0 aromatic rings. The molecule has 1 aliphatic rings. The van der Waals surface area contributed by atoms with Crippen LogP contribution in [0.1, 0.15) is 70.6 Å². The van der Waals surface area contributed by atoms with E-state index < -0.39 is 0 Å². The van der Waals surface area contributed by atoms with E-state index in [0.717, 1.165) is 32.5 Å². The summed E-state index contributed by atoms with van der Waals surface area (Å²) in [6, 6.07) is 0. The lowest BCUT2D eigenvalue weighted by Gasteiger charge is -2.05. The highest BCUT2D eigenvalue weighted by Gasteiger charge is 2.02. The van der Waals surface area contributed by atoms with Gasteiger partial charge in [-0.15, -0.1) is 0 Å². The highest BCUT2D eigenvalue weighted by atomic mass is 16.5. The number of hydrogen-bond donors (Lipinski definition) is 0. The van der Waals surface area contributed by atoms with E-state index in [2.05, 4.69) is 0 Å². The fraction of sp³-hybridized carbons (Fsp3) is 0.933. The van der Waals surface area contributed by atoms with E-state index in [1.165, 1.54) is 44.9 Å². The summed E-state index contributed by atoms with van der Waals surface area (Å²) >= 11 is 0. The number of hydrogen-bond acceptors (Lipinski definition) is 3. The predicted molar refractivity (Wildman–Crippen MR) is 72.6 cm³/mol. The molecule has 0 atom stereocenters. The van der Waals surface area contributed by atoms with Crippen molar-refractivity contribution in [3.63, 3.8) is 0 Å². The smallest absolute Gasteiger partial charge is 0.305 e. The Balaban J connectivity index is 2.11. The zero-order valence-corrected chi connectivity index (χ0v) is 11.6. The topological polar surface area (TPSA) is 35.5 Å². The van der Waals surface area contributed by atoms with E-state index >= 15 is 0 Å². The lowest BCUT2D eigenvalue weighted by atomic mass is 10.1. The summed E-state index contributed by atoms with van der Waals surface area (Å²) in [6.07, 6.45) is 12.3. The first-order chi connectivity index (χ1) is 8.89. The molecule has 0 radical (unpaired) electrons. The second-order valence-corrected chi connectivity index (χ2v) is 5.12. The van der Waals surface area contributed by atoms with Crippen molar-refractivity contribution in [3.05, 3.63) is 0 Å². The van der Waals surface area contributed by atoms with Gasteiger partial charge in [-0.3, -0.25) is 4.79 Å². The molecule has 0 N–H and O–H groups in total. The zero-order valence-electron chi connectivity index (χ0n) is 11.6.